The van der Waals surface area contributed by atoms with Gasteiger partial charge in [0.2, 0.25) is 0 Å². The molecule has 1 aromatic rings. The molecule has 0 fully saturated rings. The van der Waals surface area contributed by atoms with Crippen LogP contribution in [0.1, 0.15) is 0 Å². The van der Waals surface area contributed by atoms with Crippen LogP contribution in [-0.4, -0.2) is 8.07 Å². The first-order chi connectivity index (χ1) is 6.09. The molecule has 1 aromatic carbocycles. The van der Waals surface area contributed by atoms with E-state index in [1.54, 1.807) is 13.1 Å². The minimum absolute atomic E-state index is 0.0826. The van der Waals surface area contributed by atoms with Crippen molar-refractivity contribution in [1.29, 1.82) is 0 Å². The maximum absolute atomic E-state index is 13.1. The third kappa shape index (κ3) is 2.04. The lowest BCUT2D eigenvalue weighted by Gasteiger charge is -2.19. The monoisotopic (exact) mass is 198 g/mol. The van der Waals surface area contributed by atoms with E-state index in [0.29, 0.717) is 0 Å². The maximum atomic E-state index is 13.1. The summed E-state index contributed by atoms with van der Waals surface area (Å²) >= 11 is 0. The number of benzene rings is 1. The van der Waals surface area contributed by atoms with Crippen LogP contribution in [0.2, 0.25) is 13.1 Å². The predicted octanol–water partition coefficient (Wildman–Crippen LogP) is 2.92. The Morgan fingerprint density at radius 1 is 1.23 bits per heavy atom. The zero-order chi connectivity index (χ0) is 9.90. The summed E-state index contributed by atoms with van der Waals surface area (Å²) in [6.45, 7) is 3.57. The van der Waals surface area contributed by atoms with Crippen LogP contribution in [0.15, 0.2) is 42.1 Å². The maximum Gasteiger partial charge on any atom is 0.151 e. The molecule has 0 aliphatic heterocycles. The predicted molar refractivity (Wildman–Crippen MR) is 53.9 cm³/mol. The van der Waals surface area contributed by atoms with Gasteiger partial charge in [0.1, 0.15) is 11.8 Å². The Kier molecular flexibility index (Phi) is 2.98. The van der Waals surface area contributed by atoms with Crippen LogP contribution in [-0.2, 0) is 0 Å². The van der Waals surface area contributed by atoms with Gasteiger partial charge < -0.3 is 0 Å². The lowest BCUT2D eigenvalue weighted by molar-refractivity contribution is 0.619. The molecule has 70 valence electrons. The van der Waals surface area contributed by atoms with Gasteiger partial charge in [-0.2, -0.15) is 0 Å². The quantitative estimate of drug-likeness (QED) is 0.641. The fourth-order valence-electron chi connectivity index (χ4n) is 1.13. The summed E-state index contributed by atoms with van der Waals surface area (Å²) in [4.78, 5) is 0. The zero-order valence-corrected chi connectivity index (χ0v) is 8.72. The lowest BCUT2D eigenvalue weighted by Crippen LogP contribution is -2.42. The second-order valence-electron chi connectivity index (χ2n) is 3.45. The van der Waals surface area contributed by atoms with Crippen LogP contribution < -0.4 is 5.19 Å². The molecule has 0 saturated carbocycles. The molecule has 0 heterocycles. The smallest absolute Gasteiger partial charge is 0.151 e. The van der Waals surface area contributed by atoms with E-state index < -0.39 is 13.5 Å². The first-order valence-electron chi connectivity index (χ1n) is 4.11. The van der Waals surface area contributed by atoms with E-state index in [1.165, 1.54) is 0 Å². The first kappa shape index (κ1) is 10.1. The van der Waals surface area contributed by atoms with E-state index in [4.69, 9.17) is 0 Å². The Morgan fingerprint density at radius 3 is 2.23 bits per heavy atom. The highest BCUT2D eigenvalue weighted by molar-refractivity contribution is 6.95. The zero-order valence-electron chi connectivity index (χ0n) is 7.72. The molecule has 0 amide bonds. The molecule has 0 aliphatic carbocycles. The largest absolute Gasteiger partial charge is 0.214 e. The van der Waals surface area contributed by atoms with E-state index in [9.17, 15) is 8.78 Å². The number of halogens is 2. The third-order valence-electron chi connectivity index (χ3n) is 2.19. The van der Waals surface area contributed by atoms with Gasteiger partial charge in [-0.3, -0.25) is 0 Å². The highest BCUT2D eigenvalue weighted by atomic mass is 28.3. The second-order valence-corrected chi connectivity index (χ2v) is 7.75. The van der Waals surface area contributed by atoms with Crippen LogP contribution in [0, 0.1) is 0 Å². The van der Waals surface area contributed by atoms with Gasteiger partial charge in [-0.15, -0.1) is 0 Å². The summed E-state index contributed by atoms with van der Waals surface area (Å²) in [5, 5.41) is 0.904. The molecule has 0 N–H and O–H groups in total. The van der Waals surface area contributed by atoms with E-state index in [2.05, 4.69) is 0 Å². The highest BCUT2D eigenvalue weighted by Crippen LogP contribution is 2.16. The summed E-state index contributed by atoms with van der Waals surface area (Å²) in [7, 11) is -2.36. The van der Waals surface area contributed by atoms with Crippen LogP contribution in [0.4, 0.5) is 8.78 Å². The van der Waals surface area contributed by atoms with Gasteiger partial charge in [0.05, 0.1) is 0 Å². The molecule has 0 unspecified atom stereocenters. The van der Waals surface area contributed by atoms with Crippen molar-refractivity contribution >= 4 is 13.3 Å². The normalized spacial score (nSPS) is 13.1. The fourth-order valence-corrected chi connectivity index (χ4v) is 2.70. The molecule has 13 heavy (non-hydrogen) atoms. The molecule has 0 atom stereocenters. The topological polar surface area (TPSA) is 0 Å². The van der Waals surface area contributed by atoms with Gasteiger partial charge in [0, 0.05) is 0 Å². The summed E-state index contributed by atoms with van der Waals surface area (Å²) < 4.78 is 25.2. The average Bonchev–Trinajstić information content (AvgIpc) is 2.18. The van der Waals surface area contributed by atoms with E-state index in [-0.39, 0.29) is 6.33 Å². The Hall–Kier alpha value is -0.963. The molecule has 0 bridgehead atoms. The van der Waals surface area contributed by atoms with Crippen molar-refractivity contribution in [2.45, 2.75) is 13.1 Å². The SMILES string of the molecule is C[Si](C)(/C(F)=C\F)c1ccccc1. The summed E-state index contributed by atoms with van der Waals surface area (Å²) in [5.41, 5.74) is -0.612. The number of rotatable bonds is 2. The van der Waals surface area contributed by atoms with Crippen LogP contribution in [0.25, 0.3) is 0 Å². The van der Waals surface area contributed by atoms with Crippen LogP contribution in [0.5, 0.6) is 0 Å². The van der Waals surface area contributed by atoms with Gasteiger partial charge >= 0.3 is 0 Å². The molecule has 0 radical (unpaired) electrons. The first-order valence-corrected chi connectivity index (χ1v) is 7.11. The molecule has 3 heteroatoms. The molecule has 0 aromatic heterocycles. The summed E-state index contributed by atoms with van der Waals surface area (Å²) in [6.07, 6.45) is 0.0826. The average molecular weight is 198 g/mol. The Labute approximate surface area is 77.9 Å². The second kappa shape index (κ2) is 3.83. The van der Waals surface area contributed by atoms with Crippen molar-refractivity contribution in [2.24, 2.45) is 0 Å². The van der Waals surface area contributed by atoms with Crippen molar-refractivity contribution in [3.63, 3.8) is 0 Å². The minimum atomic E-state index is -2.36. The molecule has 0 saturated heterocycles. The number of hydrogen-bond donors (Lipinski definition) is 0. The summed E-state index contributed by atoms with van der Waals surface area (Å²) in [6, 6.07) is 9.24. The van der Waals surface area contributed by atoms with Crippen molar-refractivity contribution in [3.05, 3.63) is 42.1 Å². The van der Waals surface area contributed by atoms with Crippen LogP contribution in [0.3, 0.4) is 0 Å². The van der Waals surface area contributed by atoms with Crippen molar-refractivity contribution in [2.75, 3.05) is 0 Å². The Bertz CT molecular complexity index is 304. The lowest BCUT2D eigenvalue weighted by atomic mass is 10.4. The number of hydrogen-bond acceptors (Lipinski definition) is 0. The van der Waals surface area contributed by atoms with E-state index in [1.807, 2.05) is 30.3 Å². The van der Waals surface area contributed by atoms with Gasteiger partial charge in [-0.05, 0) is 0 Å². The van der Waals surface area contributed by atoms with Crippen LogP contribution >= 0.6 is 0 Å². The van der Waals surface area contributed by atoms with Gasteiger partial charge in [-0.1, -0.05) is 48.6 Å². The Morgan fingerprint density at radius 2 is 1.77 bits per heavy atom. The summed E-state index contributed by atoms with van der Waals surface area (Å²) in [5.74, 6) is 0. The molecule has 0 spiro atoms. The minimum Gasteiger partial charge on any atom is -0.214 e. The molecule has 0 aliphatic rings. The van der Waals surface area contributed by atoms with Crippen molar-refractivity contribution < 1.29 is 8.78 Å². The van der Waals surface area contributed by atoms with Gasteiger partial charge in [0.25, 0.3) is 0 Å². The van der Waals surface area contributed by atoms with E-state index in [0.717, 1.165) is 5.19 Å². The van der Waals surface area contributed by atoms with Crippen molar-refractivity contribution in [1.82, 2.24) is 0 Å². The highest BCUT2D eigenvalue weighted by Gasteiger charge is 2.29. The molecule has 0 nitrogen and oxygen atoms in total. The van der Waals surface area contributed by atoms with E-state index >= 15 is 0 Å². The third-order valence-corrected chi connectivity index (χ3v) is 5.27. The molecular formula is C10H12F2Si. The van der Waals surface area contributed by atoms with Gasteiger partial charge in [0.15, 0.2) is 8.07 Å². The Balaban J connectivity index is 3.08. The van der Waals surface area contributed by atoms with Crippen molar-refractivity contribution in [3.8, 4) is 0 Å². The molecule has 1 rings (SSSR count). The fraction of sp³-hybridized carbons (Fsp3) is 0.200. The van der Waals surface area contributed by atoms with Gasteiger partial charge in [-0.25, -0.2) is 8.78 Å². The standard InChI is InChI=1S/C10H12F2Si/c1-13(2,10(12)8-11)9-6-4-3-5-7-9/h3-8H,1-2H3/b10-8-. The molecular weight excluding hydrogens is 186 g/mol.